The van der Waals surface area contributed by atoms with Crippen molar-refractivity contribution in [2.24, 2.45) is 0 Å². The van der Waals surface area contributed by atoms with E-state index in [1.807, 2.05) is 0 Å². The number of anilines is 1. The van der Waals surface area contributed by atoms with Gasteiger partial charge in [-0.3, -0.25) is 0 Å². The Balaban J connectivity index is 2.22. The van der Waals surface area contributed by atoms with Crippen molar-refractivity contribution in [2.45, 2.75) is 6.42 Å². The molecule has 0 aliphatic carbocycles. The largest absolute Gasteiger partial charge is 0.455 e. The van der Waals surface area contributed by atoms with Crippen molar-refractivity contribution in [2.75, 3.05) is 5.73 Å². The summed E-state index contributed by atoms with van der Waals surface area (Å²) in [7, 11) is 0. The fourth-order valence-electron chi connectivity index (χ4n) is 1.53. The monoisotopic (exact) mass is 276 g/mol. The van der Waals surface area contributed by atoms with Crippen LogP contribution in [0.15, 0.2) is 36.4 Å². The van der Waals surface area contributed by atoms with Crippen molar-refractivity contribution in [3.63, 3.8) is 0 Å². The van der Waals surface area contributed by atoms with E-state index in [-0.39, 0.29) is 16.5 Å². The number of ether oxygens (including phenoxy) is 1. The van der Waals surface area contributed by atoms with Gasteiger partial charge >= 0.3 is 0 Å². The van der Waals surface area contributed by atoms with E-state index in [0.717, 1.165) is 11.6 Å². The van der Waals surface area contributed by atoms with E-state index >= 15 is 0 Å². The lowest BCUT2D eigenvalue weighted by molar-refractivity contribution is 0.479. The highest BCUT2D eigenvalue weighted by Gasteiger charge is 2.08. The van der Waals surface area contributed by atoms with Gasteiger partial charge in [0.25, 0.3) is 0 Å². The molecule has 2 rings (SSSR count). The lowest BCUT2D eigenvalue weighted by Crippen LogP contribution is -1.94. The number of halogens is 2. The zero-order valence-electron chi connectivity index (χ0n) is 9.86. The average molecular weight is 277 g/mol. The lowest BCUT2D eigenvalue weighted by atomic mass is 10.2. The van der Waals surface area contributed by atoms with Crippen LogP contribution >= 0.6 is 11.6 Å². The topological polar surface area (TPSA) is 59.0 Å². The molecule has 96 valence electrons. The standard InChI is InChI=1S/C14H10ClFN2O/c15-11-7-13(18)14(8-12(11)16)19-10-3-1-9(2-4-10)5-6-17/h1-4,7-8H,5,18H2. The molecule has 0 fully saturated rings. The number of benzene rings is 2. The van der Waals surface area contributed by atoms with Crippen LogP contribution in [0.3, 0.4) is 0 Å². The average Bonchev–Trinajstić information content (AvgIpc) is 2.38. The van der Waals surface area contributed by atoms with Crippen molar-refractivity contribution in [3.05, 3.63) is 52.8 Å². The van der Waals surface area contributed by atoms with Gasteiger partial charge in [0.2, 0.25) is 0 Å². The third-order valence-electron chi connectivity index (χ3n) is 2.49. The summed E-state index contributed by atoms with van der Waals surface area (Å²) in [5.74, 6) is 0.122. The van der Waals surface area contributed by atoms with E-state index in [2.05, 4.69) is 6.07 Å². The molecule has 0 atom stereocenters. The van der Waals surface area contributed by atoms with E-state index in [4.69, 9.17) is 27.3 Å². The Labute approximate surface area is 115 Å². The van der Waals surface area contributed by atoms with Crippen LogP contribution in [0, 0.1) is 17.1 Å². The molecular weight excluding hydrogens is 267 g/mol. The summed E-state index contributed by atoms with van der Waals surface area (Å²) in [6.45, 7) is 0. The second-order valence-electron chi connectivity index (χ2n) is 3.89. The maximum absolute atomic E-state index is 13.3. The highest BCUT2D eigenvalue weighted by atomic mass is 35.5. The predicted octanol–water partition coefficient (Wildman–Crippen LogP) is 3.92. The first-order valence-electron chi connectivity index (χ1n) is 5.48. The Hall–Kier alpha value is -2.25. The van der Waals surface area contributed by atoms with Gasteiger partial charge in [0.15, 0.2) is 5.75 Å². The van der Waals surface area contributed by atoms with Gasteiger partial charge in [0.05, 0.1) is 23.2 Å². The number of hydrogen-bond acceptors (Lipinski definition) is 3. The quantitative estimate of drug-likeness (QED) is 0.865. The third-order valence-corrected chi connectivity index (χ3v) is 2.78. The van der Waals surface area contributed by atoms with Gasteiger partial charge in [-0.25, -0.2) is 4.39 Å². The molecular formula is C14H10ClFN2O. The maximum atomic E-state index is 13.3. The first-order chi connectivity index (χ1) is 9.10. The summed E-state index contributed by atoms with van der Waals surface area (Å²) in [4.78, 5) is 0. The highest BCUT2D eigenvalue weighted by Crippen LogP contribution is 2.31. The number of nitrogens with two attached hydrogens (primary N) is 1. The molecule has 0 bridgehead atoms. The molecule has 0 saturated carbocycles. The van der Waals surface area contributed by atoms with Crippen LogP contribution < -0.4 is 10.5 Å². The van der Waals surface area contributed by atoms with Gasteiger partial charge < -0.3 is 10.5 Å². The Kier molecular flexibility index (Phi) is 3.88. The van der Waals surface area contributed by atoms with E-state index in [9.17, 15) is 4.39 Å². The van der Waals surface area contributed by atoms with Crippen molar-refractivity contribution in [1.82, 2.24) is 0 Å². The Morgan fingerprint density at radius 2 is 1.95 bits per heavy atom. The van der Waals surface area contributed by atoms with Crippen LogP contribution in [-0.2, 0) is 6.42 Å². The molecule has 3 nitrogen and oxygen atoms in total. The first kappa shape index (κ1) is 13.2. The minimum atomic E-state index is -0.591. The zero-order chi connectivity index (χ0) is 13.8. The van der Waals surface area contributed by atoms with E-state index in [1.165, 1.54) is 6.07 Å². The smallest absolute Gasteiger partial charge is 0.153 e. The van der Waals surface area contributed by atoms with Gasteiger partial charge in [0.1, 0.15) is 11.6 Å². The van der Waals surface area contributed by atoms with Gasteiger partial charge in [-0.2, -0.15) is 5.26 Å². The number of nitrogen functional groups attached to an aromatic ring is 1. The fraction of sp³-hybridized carbons (Fsp3) is 0.0714. The molecule has 0 aliphatic heterocycles. The zero-order valence-corrected chi connectivity index (χ0v) is 10.6. The first-order valence-corrected chi connectivity index (χ1v) is 5.86. The van der Waals surface area contributed by atoms with Crippen molar-refractivity contribution in [1.29, 1.82) is 5.26 Å². The molecule has 0 heterocycles. The molecule has 0 aromatic heterocycles. The van der Waals surface area contributed by atoms with Crippen molar-refractivity contribution in [3.8, 4) is 17.6 Å². The predicted molar refractivity (Wildman–Crippen MR) is 71.7 cm³/mol. The molecule has 2 N–H and O–H groups in total. The molecule has 2 aromatic rings. The number of nitrogens with zero attached hydrogens (tertiary/aromatic N) is 1. The van der Waals surface area contributed by atoms with Gasteiger partial charge in [-0.1, -0.05) is 23.7 Å². The summed E-state index contributed by atoms with van der Waals surface area (Å²) < 4.78 is 18.8. The Bertz CT molecular complexity index is 635. The minimum Gasteiger partial charge on any atom is -0.455 e. The molecule has 0 unspecified atom stereocenters. The molecule has 0 aliphatic rings. The van der Waals surface area contributed by atoms with Crippen LogP contribution in [0.4, 0.5) is 10.1 Å². The second-order valence-corrected chi connectivity index (χ2v) is 4.29. The van der Waals surface area contributed by atoms with Crippen LogP contribution in [0.2, 0.25) is 5.02 Å². The highest BCUT2D eigenvalue weighted by molar-refractivity contribution is 6.31. The summed E-state index contributed by atoms with van der Waals surface area (Å²) in [6.07, 6.45) is 0.331. The minimum absolute atomic E-state index is 0.0470. The van der Waals surface area contributed by atoms with Crippen LogP contribution in [0.5, 0.6) is 11.5 Å². The maximum Gasteiger partial charge on any atom is 0.153 e. The molecule has 19 heavy (non-hydrogen) atoms. The number of nitriles is 1. The molecule has 0 spiro atoms. The van der Waals surface area contributed by atoms with E-state index in [0.29, 0.717) is 12.2 Å². The number of rotatable bonds is 3. The van der Waals surface area contributed by atoms with Gasteiger partial charge in [0, 0.05) is 6.07 Å². The summed E-state index contributed by atoms with van der Waals surface area (Å²) in [6, 6.07) is 11.4. The van der Waals surface area contributed by atoms with Crippen molar-refractivity contribution < 1.29 is 9.13 Å². The fourth-order valence-corrected chi connectivity index (χ4v) is 1.70. The molecule has 0 amide bonds. The normalized spacial score (nSPS) is 9.95. The van der Waals surface area contributed by atoms with Crippen LogP contribution in [0.25, 0.3) is 0 Å². The molecule has 0 radical (unpaired) electrons. The molecule has 2 aromatic carbocycles. The Morgan fingerprint density at radius 1 is 1.26 bits per heavy atom. The van der Waals surface area contributed by atoms with Gasteiger partial charge in [-0.05, 0) is 23.8 Å². The van der Waals surface area contributed by atoms with Gasteiger partial charge in [-0.15, -0.1) is 0 Å². The SMILES string of the molecule is N#CCc1ccc(Oc2cc(F)c(Cl)cc2N)cc1. The third kappa shape index (κ3) is 3.15. The molecule has 0 saturated heterocycles. The summed E-state index contributed by atoms with van der Waals surface area (Å²) in [5.41, 5.74) is 6.83. The van der Waals surface area contributed by atoms with Crippen LogP contribution in [0.1, 0.15) is 5.56 Å². The summed E-state index contributed by atoms with van der Waals surface area (Å²) >= 11 is 5.60. The van der Waals surface area contributed by atoms with Crippen LogP contribution in [-0.4, -0.2) is 0 Å². The Morgan fingerprint density at radius 3 is 2.58 bits per heavy atom. The summed E-state index contributed by atoms with van der Waals surface area (Å²) in [5, 5.41) is 8.52. The van der Waals surface area contributed by atoms with E-state index in [1.54, 1.807) is 24.3 Å². The lowest BCUT2D eigenvalue weighted by Gasteiger charge is -2.09. The van der Waals surface area contributed by atoms with Crippen molar-refractivity contribution >= 4 is 17.3 Å². The van der Waals surface area contributed by atoms with E-state index < -0.39 is 5.82 Å². The number of hydrogen-bond donors (Lipinski definition) is 1. The second kappa shape index (κ2) is 5.59. The molecule has 5 heteroatoms.